The molecule has 33 heavy (non-hydrogen) atoms. The Labute approximate surface area is 190 Å². The average molecular weight is 442 g/mol. The van der Waals surface area contributed by atoms with E-state index in [9.17, 15) is 9.59 Å². The van der Waals surface area contributed by atoms with E-state index in [0.29, 0.717) is 28.6 Å². The first-order valence-electron chi connectivity index (χ1n) is 10.2. The van der Waals surface area contributed by atoms with Crippen LogP contribution in [0.5, 0.6) is 11.5 Å². The molecule has 0 saturated carbocycles. The number of carbonyl (C=O) groups excluding carboxylic acids is 1. The summed E-state index contributed by atoms with van der Waals surface area (Å²) in [4.78, 5) is 29.7. The van der Waals surface area contributed by atoms with Gasteiger partial charge >= 0.3 is 5.69 Å². The maximum absolute atomic E-state index is 12.8. The van der Waals surface area contributed by atoms with Gasteiger partial charge in [0.05, 0.1) is 14.2 Å². The molecule has 0 saturated heterocycles. The van der Waals surface area contributed by atoms with E-state index in [1.54, 1.807) is 18.2 Å². The van der Waals surface area contributed by atoms with Gasteiger partial charge in [0.2, 0.25) is 5.91 Å². The maximum atomic E-state index is 12.8. The van der Waals surface area contributed by atoms with Crippen LogP contribution < -0.4 is 20.5 Å². The van der Waals surface area contributed by atoms with Gasteiger partial charge in [0, 0.05) is 35.0 Å². The summed E-state index contributed by atoms with van der Waals surface area (Å²) in [6, 6.07) is 23.8. The molecule has 1 aromatic heterocycles. The largest absolute Gasteiger partial charge is 0.497 e. The summed E-state index contributed by atoms with van der Waals surface area (Å²) in [7, 11) is 3.05. The molecule has 4 aromatic rings. The lowest BCUT2D eigenvalue weighted by atomic mass is 10.0. The van der Waals surface area contributed by atoms with Crippen LogP contribution in [0.25, 0.3) is 22.5 Å². The second-order valence-electron chi connectivity index (χ2n) is 7.13. The normalized spacial score (nSPS) is 10.5. The standard InChI is InChI=1S/C25H22N4O4/c1-32-20-13-19(14-21(15-20)33-2)26-22(30)16-29-25(31)27-23(17-9-5-3-6-10-17)24(28-29)18-11-7-4-8-12-18/h3-15H,16H2,1-2H3,(H,26,30). The highest BCUT2D eigenvalue weighted by Gasteiger charge is 2.16. The number of benzene rings is 3. The molecule has 0 aliphatic heterocycles. The van der Waals surface area contributed by atoms with Crippen molar-refractivity contribution in [2.24, 2.45) is 0 Å². The fraction of sp³-hybridized carbons (Fsp3) is 0.120. The first-order chi connectivity index (χ1) is 16.1. The van der Waals surface area contributed by atoms with Gasteiger partial charge in [-0.15, -0.1) is 0 Å². The van der Waals surface area contributed by atoms with Crippen molar-refractivity contribution in [2.75, 3.05) is 19.5 Å². The van der Waals surface area contributed by atoms with E-state index < -0.39 is 11.6 Å². The molecular weight excluding hydrogens is 420 g/mol. The third-order valence-corrected chi connectivity index (χ3v) is 4.90. The average Bonchev–Trinajstić information content (AvgIpc) is 2.85. The van der Waals surface area contributed by atoms with Crippen molar-refractivity contribution >= 4 is 11.6 Å². The minimum atomic E-state index is -0.619. The van der Waals surface area contributed by atoms with Gasteiger partial charge in [-0.25, -0.2) is 9.48 Å². The lowest BCUT2D eigenvalue weighted by Gasteiger charge is -2.12. The number of aromatic nitrogens is 3. The van der Waals surface area contributed by atoms with Crippen LogP contribution in [0.2, 0.25) is 0 Å². The number of hydrogen-bond donors (Lipinski definition) is 1. The van der Waals surface area contributed by atoms with E-state index in [0.717, 1.165) is 15.8 Å². The Balaban J connectivity index is 1.67. The fourth-order valence-electron chi connectivity index (χ4n) is 3.32. The highest BCUT2D eigenvalue weighted by Crippen LogP contribution is 2.27. The van der Waals surface area contributed by atoms with Crippen molar-refractivity contribution < 1.29 is 14.3 Å². The van der Waals surface area contributed by atoms with Crippen LogP contribution in [0.15, 0.2) is 83.7 Å². The molecule has 0 aliphatic carbocycles. The van der Waals surface area contributed by atoms with Crippen LogP contribution in [0, 0.1) is 0 Å². The van der Waals surface area contributed by atoms with Crippen LogP contribution in [0.4, 0.5) is 5.69 Å². The van der Waals surface area contributed by atoms with Crippen LogP contribution in [0.1, 0.15) is 0 Å². The Morgan fingerprint density at radius 1 is 0.848 bits per heavy atom. The molecule has 0 bridgehead atoms. The van der Waals surface area contributed by atoms with Gasteiger partial charge in [0.1, 0.15) is 29.4 Å². The highest BCUT2D eigenvalue weighted by molar-refractivity contribution is 5.91. The zero-order chi connectivity index (χ0) is 23.2. The number of methoxy groups -OCH3 is 2. The molecule has 3 aromatic carbocycles. The molecule has 0 spiro atoms. The molecule has 1 amide bonds. The van der Waals surface area contributed by atoms with Crippen molar-refractivity contribution in [3.05, 3.63) is 89.3 Å². The molecule has 8 heteroatoms. The van der Waals surface area contributed by atoms with E-state index in [2.05, 4.69) is 15.4 Å². The lowest BCUT2D eigenvalue weighted by Crippen LogP contribution is -2.32. The topological polar surface area (TPSA) is 95.3 Å². The second kappa shape index (κ2) is 9.78. The number of rotatable bonds is 7. The number of amides is 1. The summed E-state index contributed by atoms with van der Waals surface area (Å²) >= 11 is 0. The third kappa shape index (κ3) is 5.07. The first-order valence-corrected chi connectivity index (χ1v) is 10.2. The lowest BCUT2D eigenvalue weighted by molar-refractivity contribution is -0.117. The van der Waals surface area contributed by atoms with Crippen LogP contribution in [0.3, 0.4) is 0 Å². The van der Waals surface area contributed by atoms with Crippen LogP contribution in [-0.4, -0.2) is 34.9 Å². The summed E-state index contributed by atoms with van der Waals surface area (Å²) in [5, 5.41) is 7.25. The smallest absolute Gasteiger partial charge is 0.365 e. The predicted molar refractivity (Wildman–Crippen MR) is 125 cm³/mol. The van der Waals surface area contributed by atoms with Crippen molar-refractivity contribution in [2.45, 2.75) is 6.54 Å². The maximum Gasteiger partial charge on any atom is 0.365 e. The zero-order valence-electron chi connectivity index (χ0n) is 18.2. The number of hydrogen-bond acceptors (Lipinski definition) is 6. The number of anilines is 1. The minimum absolute atomic E-state index is 0.305. The van der Waals surface area contributed by atoms with Crippen molar-refractivity contribution in [3.63, 3.8) is 0 Å². The zero-order valence-corrected chi connectivity index (χ0v) is 18.2. The Bertz CT molecular complexity index is 1300. The molecule has 4 rings (SSSR count). The van der Waals surface area contributed by atoms with Gasteiger partial charge in [0.25, 0.3) is 0 Å². The van der Waals surface area contributed by atoms with Gasteiger partial charge in [0.15, 0.2) is 0 Å². The molecular formula is C25H22N4O4. The molecule has 0 fully saturated rings. The molecule has 8 nitrogen and oxygen atoms in total. The molecule has 0 aliphatic rings. The second-order valence-corrected chi connectivity index (χ2v) is 7.13. The van der Waals surface area contributed by atoms with E-state index in [1.165, 1.54) is 14.2 Å². The quantitative estimate of drug-likeness (QED) is 0.470. The Hall–Kier alpha value is -4.46. The Morgan fingerprint density at radius 2 is 1.39 bits per heavy atom. The minimum Gasteiger partial charge on any atom is -0.497 e. The van der Waals surface area contributed by atoms with Gasteiger partial charge in [-0.1, -0.05) is 60.7 Å². The van der Waals surface area contributed by atoms with Crippen molar-refractivity contribution in [1.82, 2.24) is 14.8 Å². The summed E-state index contributed by atoms with van der Waals surface area (Å²) < 4.78 is 11.5. The van der Waals surface area contributed by atoms with Crippen molar-refractivity contribution in [1.29, 1.82) is 0 Å². The van der Waals surface area contributed by atoms with Gasteiger partial charge in [-0.3, -0.25) is 4.79 Å². The van der Waals surface area contributed by atoms with E-state index in [4.69, 9.17) is 9.47 Å². The fourth-order valence-corrected chi connectivity index (χ4v) is 3.32. The molecule has 1 heterocycles. The predicted octanol–water partition coefficient (Wildman–Crippen LogP) is 3.63. The SMILES string of the molecule is COc1cc(NC(=O)Cn2nc(-c3ccccc3)c(-c3ccccc3)nc2=O)cc(OC)c1. The highest BCUT2D eigenvalue weighted by atomic mass is 16.5. The Kier molecular flexibility index (Phi) is 6.45. The van der Waals surface area contributed by atoms with E-state index in [1.807, 2.05) is 60.7 Å². The van der Waals surface area contributed by atoms with Crippen LogP contribution in [-0.2, 0) is 11.3 Å². The summed E-state index contributed by atoms with van der Waals surface area (Å²) in [5.74, 6) is 0.619. The monoisotopic (exact) mass is 442 g/mol. The van der Waals surface area contributed by atoms with E-state index in [-0.39, 0.29) is 6.54 Å². The van der Waals surface area contributed by atoms with Gasteiger partial charge in [-0.2, -0.15) is 10.1 Å². The number of ether oxygens (including phenoxy) is 2. The number of nitrogens with one attached hydrogen (secondary N) is 1. The summed E-state index contributed by atoms with van der Waals surface area (Å²) in [6.45, 7) is -0.305. The summed E-state index contributed by atoms with van der Waals surface area (Å²) in [6.07, 6.45) is 0. The summed E-state index contributed by atoms with van der Waals surface area (Å²) in [5.41, 5.74) is 2.38. The first kappa shape index (κ1) is 21.8. The molecule has 1 N–H and O–H groups in total. The molecule has 166 valence electrons. The molecule has 0 unspecified atom stereocenters. The number of nitrogens with zero attached hydrogens (tertiary/aromatic N) is 3. The van der Waals surface area contributed by atoms with Gasteiger partial charge < -0.3 is 14.8 Å². The van der Waals surface area contributed by atoms with E-state index >= 15 is 0 Å². The number of carbonyl (C=O) groups is 1. The molecule has 0 atom stereocenters. The van der Waals surface area contributed by atoms with Crippen LogP contribution >= 0.6 is 0 Å². The Morgan fingerprint density at radius 3 is 1.94 bits per heavy atom. The van der Waals surface area contributed by atoms with Gasteiger partial charge in [-0.05, 0) is 0 Å². The van der Waals surface area contributed by atoms with Crippen molar-refractivity contribution in [3.8, 4) is 34.0 Å². The third-order valence-electron chi connectivity index (χ3n) is 4.90. The molecule has 0 radical (unpaired) electrons.